The lowest BCUT2D eigenvalue weighted by Gasteiger charge is -2.42. The predicted molar refractivity (Wildman–Crippen MR) is 128 cm³/mol. The van der Waals surface area contributed by atoms with Gasteiger partial charge in [0.15, 0.2) is 6.10 Å². The molecule has 4 amide bonds. The zero-order valence-corrected chi connectivity index (χ0v) is 20.1. The van der Waals surface area contributed by atoms with Crippen molar-refractivity contribution < 1.29 is 28.7 Å². The Morgan fingerprint density at radius 2 is 1.71 bits per heavy atom. The SMILES string of the molecule is CCCCN1C(=O)c2ccc(C(=O)O[C@H](C)C(=O)N3c4ccccc4NC(=O)C3(C)C)cc2C1=O. The van der Waals surface area contributed by atoms with Crippen molar-refractivity contribution in [1.29, 1.82) is 0 Å². The van der Waals surface area contributed by atoms with Gasteiger partial charge in [0.1, 0.15) is 5.54 Å². The molecule has 0 aliphatic carbocycles. The maximum Gasteiger partial charge on any atom is 0.338 e. The van der Waals surface area contributed by atoms with Crippen LogP contribution in [0.5, 0.6) is 0 Å². The Bertz CT molecular complexity index is 1250. The van der Waals surface area contributed by atoms with E-state index in [0.29, 0.717) is 24.3 Å². The molecule has 0 aromatic heterocycles. The molecular formula is C26H27N3O6. The van der Waals surface area contributed by atoms with Crippen LogP contribution in [0.4, 0.5) is 11.4 Å². The monoisotopic (exact) mass is 477 g/mol. The predicted octanol–water partition coefficient (Wildman–Crippen LogP) is 3.39. The zero-order valence-electron chi connectivity index (χ0n) is 20.1. The van der Waals surface area contributed by atoms with Gasteiger partial charge in [-0.1, -0.05) is 25.5 Å². The molecule has 2 heterocycles. The number of nitrogens with zero attached hydrogens (tertiary/aromatic N) is 2. The van der Waals surface area contributed by atoms with Crippen LogP contribution in [0.15, 0.2) is 42.5 Å². The Labute approximate surface area is 203 Å². The van der Waals surface area contributed by atoms with Crippen LogP contribution in [0, 0.1) is 0 Å². The van der Waals surface area contributed by atoms with E-state index in [1.165, 1.54) is 34.9 Å². The molecule has 0 saturated heterocycles. The summed E-state index contributed by atoms with van der Waals surface area (Å²) in [5.74, 6) is -2.57. The summed E-state index contributed by atoms with van der Waals surface area (Å²) in [5.41, 5.74) is 0.204. The number of ether oxygens (including phenoxy) is 1. The summed E-state index contributed by atoms with van der Waals surface area (Å²) in [4.78, 5) is 66.6. The summed E-state index contributed by atoms with van der Waals surface area (Å²) < 4.78 is 5.44. The van der Waals surface area contributed by atoms with Crippen molar-refractivity contribution >= 4 is 41.0 Å². The highest BCUT2D eigenvalue weighted by Crippen LogP contribution is 2.37. The van der Waals surface area contributed by atoms with E-state index in [1.54, 1.807) is 38.1 Å². The van der Waals surface area contributed by atoms with Crippen molar-refractivity contribution in [3.63, 3.8) is 0 Å². The lowest BCUT2D eigenvalue weighted by Crippen LogP contribution is -2.60. The summed E-state index contributed by atoms with van der Waals surface area (Å²) in [6, 6.07) is 11.0. The lowest BCUT2D eigenvalue weighted by atomic mass is 9.95. The number of rotatable bonds is 6. The molecule has 1 N–H and O–H groups in total. The molecule has 1 atom stereocenters. The molecule has 2 aliphatic rings. The molecule has 2 aliphatic heterocycles. The van der Waals surface area contributed by atoms with Gasteiger partial charge in [-0.3, -0.25) is 29.0 Å². The quantitative estimate of drug-likeness (QED) is 0.504. The molecule has 0 radical (unpaired) electrons. The average molecular weight is 478 g/mol. The zero-order chi connectivity index (χ0) is 25.5. The second-order valence-electron chi connectivity index (χ2n) is 9.13. The molecule has 9 nitrogen and oxygen atoms in total. The molecular weight excluding hydrogens is 450 g/mol. The van der Waals surface area contributed by atoms with Crippen molar-refractivity contribution in [3.05, 3.63) is 59.2 Å². The van der Waals surface area contributed by atoms with Crippen molar-refractivity contribution in [2.24, 2.45) is 0 Å². The third-order valence-corrected chi connectivity index (χ3v) is 6.30. The average Bonchev–Trinajstić information content (AvgIpc) is 3.06. The highest BCUT2D eigenvalue weighted by atomic mass is 16.5. The number of unbranched alkanes of at least 4 members (excludes halogenated alkanes) is 1. The second kappa shape index (κ2) is 8.98. The van der Waals surface area contributed by atoms with Crippen molar-refractivity contribution in [1.82, 2.24) is 4.90 Å². The van der Waals surface area contributed by atoms with Crippen molar-refractivity contribution in [2.75, 3.05) is 16.8 Å². The summed E-state index contributed by atoms with van der Waals surface area (Å²) in [5, 5.41) is 2.78. The van der Waals surface area contributed by atoms with E-state index in [-0.39, 0.29) is 28.5 Å². The molecule has 2 aromatic rings. The smallest absolute Gasteiger partial charge is 0.338 e. The number of nitrogens with one attached hydrogen (secondary N) is 1. The van der Waals surface area contributed by atoms with Crippen LogP contribution in [-0.4, -0.2) is 52.7 Å². The summed E-state index contributed by atoms with van der Waals surface area (Å²) in [7, 11) is 0. The maximum absolute atomic E-state index is 13.4. The first-order valence-electron chi connectivity index (χ1n) is 11.5. The number of anilines is 2. The summed E-state index contributed by atoms with van der Waals surface area (Å²) in [6.45, 7) is 6.93. The van der Waals surface area contributed by atoms with Gasteiger partial charge in [-0.25, -0.2) is 4.79 Å². The number of para-hydroxylation sites is 2. The minimum absolute atomic E-state index is 0.0536. The molecule has 0 fully saturated rings. The van der Waals surface area contributed by atoms with Gasteiger partial charge in [-0.05, 0) is 57.5 Å². The number of hydrogen-bond acceptors (Lipinski definition) is 6. The van der Waals surface area contributed by atoms with Crippen LogP contribution in [0.25, 0.3) is 0 Å². The number of esters is 1. The molecule has 35 heavy (non-hydrogen) atoms. The molecule has 0 unspecified atom stereocenters. The van der Waals surface area contributed by atoms with Gasteiger partial charge >= 0.3 is 5.97 Å². The van der Waals surface area contributed by atoms with E-state index in [4.69, 9.17) is 4.74 Å². The number of benzene rings is 2. The Morgan fingerprint density at radius 3 is 2.43 bits per heavy atom. The second-order valence-corrected chi connectivity index (χ2v) is 9.13. The van der Waals surface area contributed by atoms with E-state index in [2.05, 4.69) is 5.32 Å². The largest absolute Gasteiger partial charge is 0.449 e. The Morgan fingerprint density at radius 1 is 1.03 bits per heavy atom. The normalized spacial score (nSPS) is 17.0. The highest BCUT2D eigenvalue weighted by Gasteiger charge is 2.45. The first-order chi connectivity index (χ1) is 16.6. The van der Waals surface area contributed by atoms with Gasteiger partial charge in [-0.15, -0.1) is 0 Å². The van der Waals surface area contributed by atoms with Crippen LogP contribution >= 0.6 is 0 Å². The lowest BCUT2D eigenvalue weighted by molar-refractivity contribution is -0.131. The fourth-order valence-electron chi connectivity index (χ4n) is 4.24. The number of amides is 4. The van der Waals surface area contributed by atoms with Crippen LogP contribution in [0.2, 0.25) is 0 Å². The van der Waals surface area contributed by atoms with Crippen LogP contribution in [-0.2, 0) is 14.3 Å². The molecule has 0 spiro atoms. The van der Waals surface area contributed by atoms with Crippen LogP contribution in [0.1, 0.15) is 71.6 Å². The van der Waals surface area contributed by atoms with Crippen LogP contribution in [0.3, 0.4) is 0 Å². The molecule has 0 saturated carbocycles. The van der Waals surface area contributed by atoms with Gasteiger partial charge in [-0.2, -0.15) is 0 Å². The fraction of sp³-hybridized carbons (Fsp3) is 0.346. The van der Waals surface area contributed by atoms with Crippen LogP contribution < -0.4 is 10.2 Å². The van der Waals surface area contributed by atoms with E-state index in [9.17, 15) is 24.0 Å². The van der Waals surface area contributed by atoms with Crippen molar-refractivity contribution in [2.45, 2.75) is 52.2 Å². The van der Waals surface area contributed by atoms with Gasteiger partial charge in [0, 0.05) is 6.54 Å². The van der Waals surface area contributed by atoms with E-state index < -0.39 is 29.4 Å². The molecule has 182 valence electrons. The fourth-order valence-corrected chi connectivity index (χ4v) is 4.24. The minimum atomic E-state index is -1.22. The Kier molecular flexibility index (Phi) is 6.19. The third-order valence-electron chi connectivity index (χ3n) is 6.30. The molecule has 0 bridgehead atoms. The number of hydrogen-bond donors (Lipinski definition) is 1. The van der Waals surface area contributed by atoms with Gasteiger partial charge in [0.25, 0.3) is 17.7 Å². The van der Waals surface area contributed by atoms with E-state index >= 15 is 0 Å². The highest BCUT2D eigenvalue weighted by molar-refractivity contribution is 6.22. The molecule has 4 rings (SSSR count). The number of carbonyl (C=O) groups is 5. The topological polar surface area (TPSA) is 113 Å². The number of imide groups is 1. The third kappa shape index (κ3) is 4.07. The maximum atomic E-state index is 13.4. The number of carbonyl (C=O) groups excluding carboxylic acids is 5. The summed E-state index contributed by atoms with van der Waals surface area (Å²) in [6.07, 6.45) is 0.303. The first-order valence-corrected chi connectivity index (χ1v) is 11.5. The van der Waals surface area contributed by atoms with E-state index in [1.807, 2.05) is 6.92 Å². The van der Waals surface area contributed by atoms with Gasteiger partial charge in [0.2, 0.25) is 5.91 Å². The van der Waals surface area contributed by atoms with E-state index in [0.717, 1.165) is 6.42 Å². The number of fused-ring (bicyclic) bond motifs is 2. The summed E-state index contributed by atoms with van der Waals surface area (Å²) >= 11 is 0. The standard InChI is InChI=1S/C26H27N3O6/c1-5-6-13-28-22(31)17-12-11-16(14-18(17)23(28)32)24(33)35-15(2)21(30)29-20-10-8-7-9-19(20)27-25(34)26(29,3)4/h7-12,14-15H,5-6,13H2,1-4H3,(H,27,34)/t15-/m1/s1. The van der Waals surface area contributed by atoms with Gasteiger partial charge < -0.3 is 10.1 Å². The minimum Gasteiger partial charge on any atom is -0.449 e. The Balaban J connectivity index is 1.54. The molecule has 2 aromatic carbocycles. The molecule has 9 heteroatoms. The van der Waals surface area contributed by atoms with Crippen molar-refractivity contribution in [3.8, 4) is 0 Å². The van der Waals surface area contributed by atoms with Gasteiger partial charge in [0.05, 0.1) is 28.1 Å². The Hall–Kier alpha value is -4.01. The first kappa shape index (κ1) is 24.1.